The van der Waals surface area contributed by atoms with E-state index in [1.807, 2.05) is 39.8 Å². The fourth-order valence-electron chi connectivity index (χ4n) is 11.2. The Hall–Kier alpha value is -1.67. The summed E-state index contributed by atoms with van der Waals surface area (Å²) in [4.78, 5) is 32.4. The Morgan fingerprint density at radius 2 is 1.45 bits per heavy atom. The quantitative estimate of drug-likeness (QED) is 0.0186. The van der Waals surface area contributed by atoms with Crippen molar-refractivity contribution in [3.63, 3.8) is 0 Å². The normalized spacial score (nSPS) is 28.3. The van der Waals surface area contributed by atoms with Gasteiger partial charge in [-0.25, -0.2) is 4.79 Å². The molecule has 3 heterocycles. The van der Waals surface area contributed by atoms with Gasteiger partial charge < -0.3 is 46.8 Å². The number of rotatable bonds is 28. The molecule has 0 saturated carbocycles. The number of carbonyl (C=O) groups excluding carboxylic acids is 2. The number of amides is 1. The molecule has 2 fully saturated rings. The van der Waals surface area contributed by atoms with Crippen molar-refractivity contribution in [2.24, 2.45) is 11.8 Å². The zero-order valence-electron chi connectivity index (χ0n) is 48.5. The molecule has 0 spiro atoms. The molecule has 0 aromatic heterocycles. The summed E-state index contributed by atoms with van der Waals surface area (Å²) in [7, 11) is -3.95. The second kappa shape index (κ2) is 29.6. The Balaban J connectivity index is 2.10. The fraction of sp³-hybridized carbons (Fsp3) is 0.857. The van der Waals surface area contributed by atoms with Gasteiger partial charge in [-0.1, -0.05) is 107 Å². The number of likely N-dealkylation sites (N-methyl/N-ethyl adjacent to an activating group) is 1. The van der Waals surface area contributed by atoms with Crippen molar-refractivity contribution in [3.05, 3.63) is 36.0 Å². The van der Waals surface area contributed by atoms with E-state index in [9.17, 15) is 9.59 Å². The maximum absolute atomic E-state index is 14.3. The van der Waals surface area contributed by atoms with Gasteiger partial charge in [0.05, 0.1) is 30.3 Å². The van der Waals surface area contributed by atoms with Crippen molar-refractivity contribution >= 4 is 37.0 Å². The van der Waals surface area contributed by atoms with Gasteiger partial charge >= 0.3 is 12.1 Å². The third-order valence-corrected chi connectivity index (χ3v) is 31.3. The summed E-state index contributed by atoms with van der Waals surface area (Å²) < 4.78 is 54.0. The van der Waals surface area contributed by atoms with Crippen LogP contribution in [-0.4, -0.2) is 141 Å². The summed E-state index contributed by atoms with van der Waals surface area (Å²) in [5.41, 5.74) is -0.678. The van der Waals surface area contributed by atoms with Crippen LogP contribution in [0.1, 0.15) is 150 Å². The second-order valence-electron chi connectivity index (χ2n) is 21.9. The lowest BCUT2D eigenvalue weighted by Crippen LogP contribution is -2.52. The molecule has 11 atom stereocenters. The van der Waals surface area contributed by atoms with Crippen LogP contribution >= 0.6 is 0 Å². The molecule has 71 heavy (non-hydrogen) atoms. The van der Waals surface area contributed by atoms with Gasteiger partial charge in [0.1, 0.15) is 11.7 Å². The predicted molar refractivity (Wildman–Crippen MR) is 298 cm³/mol. The van der Waals surface area contributed by atoms with Crippen LogP contribution in [0.3, 0.4) is 0 Å². The number of esters is 1. The van der Waals surface area contributed by atoms with Crippen LogP contribution < -0.4 is 0 Å². The zero-order chi connectivity index (χ0) is 53.2. The summed E-state index contributed by atoms with van der Waals surface area (Å²) in [5, 5.41) is 0. The van der Waals surface area contributed by atoms with Crippen molar-refractivity contribution in [3.8, 4) is 0 Å². The fourth-order valence-corrected chi connectivity index (χ4v) is 20.2. The van der Waals surface area contributed by atoms with E-state index < -0.39 is 60.8 Å². The van der Waals surface area contributed by atoms with Gasteiger partial charge in [-0.05, 0) is 127 Å². The number of carbonyl (C=O) groups is 2. The van der Waals surface area contributed by atoms with E-state index in [-0.39, 0.29) is 48.6 Å². The molecule has 0 aliphatic carbocycles. The van der Waals surface area contributed by atoms with E-state index >= 15 is 0 Å². The maximum atomic E-state index is 14.3. The molecule has 12 nitrogen and oxygen atoms in total. The molecule has 1 unspecified atom stereocenters. The molecule has 2 saturated heterocycles. The number of epoxide rings is 1. The number of allylic oxidation sites excluding steroid dienone is 2. The topological polar surface area (TPSA) is 118 Å². The molecule has 0 N–H and O–H groups in total. The molecular formula is C56H106N2O10Si3. The first kappa shape index (κ1) is 63.6. The highest BCUT2D eigenvalue weighted by atomic mass is 28.4. The van der Waals surface area contributed by atoms with E-state index in [1.165, 1.54) is 0 Å². The molecular weight excluding hydrogens is 945 g/mol. The van der Waals surface area contributed by atoms with E-state index in [4.69, 9.17) is 37.0 Å². The molecule has 0 bridgehead atoms. The largest absolute Gasteiger partial charge is 0.457 e. The zero-order valence-corrected chi connectivity index (χ0v) is 51.5. The third kappa shape index (κ3) is 18.3. The van der Waals surface area contributed by atoms with Gasteiger partial charge in [0, 0.05) is 57.1 Å². The van der Waals surface area contributed by atoms with Crippen molar-refractivity contribution in [2.45, 2.75) is 258 Å². The van der Waals surface area contributed by atoms with Crippen molar-refractivity contribution in [1.29, 1.82) is 0 Å². The Kier molecular flexibility index (Phi) is 26.5. The average Bonchev–Trinajstić information content (AvgIpc) is 4.13. The Bertz CT molecular complexity index is 1660. The average molecular weight is 1050 g/mol. The highest BCUT2D eigenvalue weighted by molar-refractivity contribution is 6.74. The third-order valence-electron chi connectivity index (χ3n) is 17.2. The number of piperazine rings is 1. The predicted octanol–water partition coefficient (Wildman–Crippen LogP) is 13.5. The van der Waals surface area contributed by atoms with E-state index in [0.717, 1.165) is 85.9 Å². The lowest BCUT2D eigenvalue weighted by molar-refractivity contribution is -0.222. The van der Waals surface area contributed by atoms with E-state index in [2.05, 4.69) is 120 Å². The first-order chi connectivity index (χ1) is 33.6. The number of hydrogen-bond donors (Lipinski definition) is 0. The molecule has 1 amide bonds. The van der Waals surface area contributed by atoms with Crippen molar-refractivity contribution in [1.82, 2.24) is 9.80 Å². The highest BCUT2D eigenvalue weighted by Crippen LogP contribution is 2.43. The first-order valence-corrected chi connectivity index (χ1v) is 36.1. The number of ether oxygens (including phenoxy) is 5. The minimum absolute atomic E-state index is 0.0765. The van der Waals surface area contributed by atoms with Crippen LogP contribution in [0.15, 0.2) is 36.0 Å². The number of cyclic esters (lactones) is 1. The maximum Gasteiger partial charge on any atom is 0.410 e. The van der Waals surface area contributed by atoms with Crippen LogP contribution in [0.25, 0.3) is 0 Å². The highest BCUT2D eigenvalue weighted by Gasteiger charge is 2.51. The molecule has 0 aromatic rings. The number of hydrogen-bond acceptors (Lipinski definition) is 11. The molecule has 412 valence electrons. The van der Waals surface area contributed by atoms with Gasteiger partial charge in [-0.3, -0.25) is 4.79 Å². The minimum Gasteiger partial charge on any atom is -0.457 e. The van der Waals surface area contributed by atoms with Crippen LogP contribution in [0, 0.1) is 11.8 Å². The lowest BCUT2D eigenvalue weighted by Gasteiger charge is -2.41. The number of nitrogens with zero attached hydrogens (tertiary/aromatic N) is 2. The standard InChI is InChI=1S/C56H106N2O10Si3/c1-19-48(67-70(24-6,25-7)26-8)45(14)53-49(62-53)42-55(16,68-71(27-9,28-10)29-11)35-30-31-43(12)52-44(13)32-33-50(63-54(60)58-39-37-57(18)38-40-58)56(17,65-46(15)61-20-2)36-34-47(41-51(59)64-52)66-69(21-3,22-4)23-5/h30-33,35,44-50,52-53H,19-29,34,36-42H2,1-18H3/b33-32-,35-30+,43-31+/t44-,45+,46?,47+,48-,49-,50-,52+,53+,55-,56+/m0/s1. The SMILES string of the molecule is CCOC(C)O[C@]1(C)CC[C@@H](O[Si](CC)(CC)CC)CC(=O)O[C@H](/C(C)=C/C=C/[C@@](C)(C[C@@H]2O[C@@H]2[C@H](C)[C@H](CC)O[Si](CC)(CC)CC)O[Si](CC)(CC)CC)[C@@H](C)/C=C\[C@@H]1OC(=O)N1CCN(C)CC1. The smallest absolute Gasteiger partial charge is 0.410 e. The van der Waals surface area contributed by atoms with Crippen LogP contribution in [0.4, 0.5) is 4.79 Å². The molecule has 3 aliphatic heterocycles. The van der Waals surface area contributed by atoms with E-state index in [1.54, 1.807) is 4.90 Å². The van der Waals surface area contributed by atoms with E-state index in [0.29, 0.717) is 32.5 Å². The van der Waals surface area contributed by atoms with Crippen molar-refractivity contribution in [2.75, 3.05) is 39.8 Å². The van der Waals surface area contributed by atoms with Crippen LogP contribution in [0.2, 0.25) is 54.4 Å². The molecule has 3 aliphatic rings. The molecule has 0 radical (unpaired) electrons. The summed E-state index contributed by atoms with van der Waals surface area (Å²) >= 11 is 0. The summed E-state index contributed by atoms with van der Waals surface area (Å²) in [5.74, 6) is -0.290. The van der Waals surface area contributed by atoms with Crippen LogP contribution in [-0.2, 0) is 41.8 Å². The molecule has 3 rings (SSSR count). The first-order valence-electron chi connectivity index (χ1n) is 28.5. The van der Waals surface area contributed by atoms with Crippen LogP contribution in [0.5, 0.6) is 0 Å². The summed E-state index contributed by atoms with van der Waals surface area (Å²) in [6.45, 7) is 40.3. The van der Waals surface area contributed by atoms with Gasteiger partial charge in [-0.15, -0.1) is 0 Å². The molecule has 0 aromatic carbocycles. The minimum atomic E-state index is -2.17. The van der Waals surface area contributed by atoms with Gasteiger partial charge in [0.15, 0.2) is 37.3 Å². The molecule has 15 heteroatoms. The summed E-state index contributed by atoms with van der Waals surface area (Å²) in [6.07, 6.45) is 10.9. The lowest BCUT2D eigenvalue weighted by atomic mass is 9.88. The Morgan fingerprint density at radius 3 is 1.99 bits per heavy atom. The second-order valence-corrected chi connectivity index (χ2v) is 36.0. The van der Waals surface area contributed by atoms with Gasteiger partial charge in [0.2, 0.25) is 0 Å². The Morgan fingerprint density at radius 1 is 0.873 bits per heavy atom. The summed E-state index contributed by atoms with van der Waals surface area (Å²) in [6, 6.07) is 9.37. The van der Waals surface area contributed by atoms with Gasteiger partial charge in [0.25, 0.3) is 0 Å². The Labute approximate surface area is 437 Å². The van der Waals surface area contributed by atoms with Crippen molar-refractivity contribution < 1.29 is 46.6 Å². The monoisotopic (exact) mass is 1050 g/mol. The van der Waals surface area contributed by atoms with Gasteiger partial charge in [-0.2, -0.15) is 0 Å².